The van der Waals surface area contributed by atoms with Gasteiger partial charge in [-0.2, -0.15) is 21.6 Å². The first-order valence-corrected chi connectivity index (χ1v) is 11.8. The van der Waals surface area contributed by atoms with Gasteiger partial charge in [0.2, 0.25) is 0 Å². The van der Waals surface area contributed by atoms with Crippen molar-refractivity contribution >= 4 is 10.1 Å². The lowest BCUT2D eigenvalue weighted by atomic mass is 10.0. The van der Waals surface area contributed by atoms with Crippen LogP contribution in [0.15, 0.2) is 12.7 Å². The minimum Gasteiger partial charge on any atom is -0.260 e. The second-order valence-electron chi connectivity index (χ2n) is 7.16. The van der Waals surface area contributed by atoms with Crippen molar-refractivity contribution in [3.63, 3.8) is 0 Å². The highest BCUT2D eigenvalue weighted by Gasteiger charge is 2.48. The minimum atomic E-state index is -5.53. The third-order valence-electron chi connectivity index (χ3n) is 4.62. The van der Waals surface area contributed by atoms with Crippen LogP contribution in [0.5, 0.6) is 0 Å². The van der Waals surface area contributed by atoms with Crippen molar-refractivity contribution in [2.24, 2.45) is 0 Å². The summed E-state index contributed by atoms with van der Waals surface area (Å²) in [6.45, 7) is 5.73. The van der Waals surface area contributed by atoms with E-state index >= 15 is 0 Å². The molecule has 1 atom stereocenters. The molecule has 0 heterocycles. The normalized spacial score (nSPS) is 13.6. The highest BCUT2D eigenvalue weighted by molar-refractivity contribution is 7.87. The van der Waals surface area contributed by atoms with Crippen molar-refractivity contribution in [2.45, 2.75) is 115 Å². The number of halogens is 3. The second-order valence-corrected chi connectivity index (χ2v) is 8.73. The van der Waals surface area contributed by atoms with Crippen molar-refractivity contribution in [1.29, 1.82) is 0 Å². The van der Waals surface area contributed by atoms with Gasteiger partial charge in [0.25, 0.3) is 0 Å². The number of rotatable bonds is 18. The van der Waals surface area contributed by atoms with Gasteiger partial charge in [0.15, 0.2) is 0 Å². The lowest BCUT2D eigenvalue weighted by Crippen LogP contribution is -2.30. The molecule has 0 aromatic carbocycles. The summed E-state index contributed by atoms with van der Waals surface area (Å²) in [6, 6.07) is 0. The average Bonchev–Trinajstić information content (AvgIpc) is 2.59. The highest BCUT2D eigenvalue weighted by atomic mass is 32.2. The van der Waals surface area contributed by atoms with Crippen LogP contribution in [0.2, 0.25) is 0 Å². The first-order chi connectivity index (χ1) is 12.7. The van der Waals surface area contributed by atoms with Crippen LogP contribution in [0, 0.1) is 0 Å². The molecule has 3 nitrogen and oxygen atoms in total. The summed E-state index contributed by atoms with van der Waals surface area (Å²) in [6.07, 6.45) is 15.5. The topological polar surface area (TPSA) is 43.4 Å². The zero-order chi connectivity index (χ0) is 20.6. The molecule has 0 spiro atoms. The molecule has 0 aliphatic carbocycles. The molecule has 7 heteroatoms. The third-order valence-corrected chi connectivity index (χ3v) is 5.71. The van der Waals surface area contributed by atoms with Crippen LogP contribution in [0.4, 0.5) is 13.2 Å². The highest BCUT2D eigenvalue weighted by Crippen LogP contribution is 2.28. The van der Waals surface area contributed by atoms with Crippen LogP contribution in [-0.4, -0.2) is 20.0 Å². The van der Waals surface area contributed by atoms with E-state index < -0.39 is 21.7 Å². The fraction of sp³-hybridized carbons (Fsp3) is 0.900. The van der Waals surface area contributed by atoms with Gasteiger partial charge in [-0.15, -0.1) is 6.58 Å². The van der Waals surface area contributed by atoms with Crippen molar-refractivity contribution in [3.05, 3.63) is 12.7 Å². The fourth-order valence-electron chi connectivity index (χ4n) is 2.99. The van der Waals surface area contributed by atoms with Crippen molar-refractivity contribution in [3.8, 4) is 0 Å². The first-order valence-electron chi connectivity index (χ1n) is 10.3. The molecule has 0 aromatic heterocycles. The zero-order valence-electron chi connectivity index (χ0n) is 16.7. The van der Waals surface area contributed by atoms with E-state index in [4.69, 9.17) is 0 Å². The van der Waals surface area contributed by atoms with Crippen LogP contribution in [0.1, 0.15) is 103 Å². The Balaban J connectivity index is 3.87. The Hall–Kier alpha value is -0.560. The second kappa shape index (κ2) is 15.4. The van der Waals surface area contributed by atoms with Crippen molar-refractivity contribution < 1.29 is 25.8 Å². The molecule has 0 saturated carbocycles. The van der Waals surface area contributed by atoms with E-state index in [0.717, 1.165) is 19.3 Å². The standard InChI is InChI=1S/C20H37F3O3S/c1-3-5-7-8-9-10-11-12-13-14-15-16-18-19(17-6-4-2)26-27(24,25)20(21,22)23/h4,19H,2-3,5-18H2,1H3. The summed E-state index contributed by atoms with van der Waals surface area (Å²) in [4.78, 5) is 0. The quantitative estimate of drug-likeness (QED) is 0.102. The van der Waals surface area contributed by atoms with Crippen LogP contribution < -0.4 is 0 Å². The molecule has 0 radical (unpaired) electrons. The van der Waals surface area contributed by atoms with Crippen molar-refractivity contribution in [2.75, 3.05) is 0 Å². The zero-order valence-corrected chi connectivity index (χ0v) is 17.6. The number of alkyl halides is 3. The predicted molar refractivity (Wildman–Crippen MR) is 105 cm³/mol. The van der Waals surface area contributed by atoms with E-state index in [1.807, 2.05) is 0 Å². The van der Waals surface area contributed by atoms with Gasteiger partial charge in [-0.25, -0.2) is 0 Å². The monoisotopic (exact) mass is 414 g/mol. The predicted octanol–water partition coefficient (Wildman–Crippen LogP) is 7.28. The molecule has 0 fully saturated rings. The van der Waals surface area contributed by atoms with Gasteiger partial charge in [-0.1, -0.05) is 90.0 Å². The molecule has 0 rings (SSSR count). The summed E-state index contributed by atoms with van der Waals surface area (Å²) >= 11 is 0. The van der Waals surface area contributed by atoms with Gasteiger partial charge in [-0.05, 0) is 19.3 Å². The van der Waals surface area contributed by atoms with E-state index in [1.165, 1.54) is 51.4 Å². The van der Waals surface area contributed by atoms with Gasteiger partial charge in [0.05, 0.1) is 6.10 Å². The Bertz CT molecular complexity index is 462. The summed E-state index contributed by atoms with van der Waals surface area (Å²) in [5.74, 6) is 0. The molecular formula is C20H37F3O3S. The van der Waals surface area contributed by atoms with Gasteiger partial charge in [0.1, 0.15) is 0 Å². The smallest absolute Gasteiger partial charge is 0.260 e. The number of unbranched alkanes of at least 4 members (excludes halogenated alkanes) is 11. The molecule has 0 bridgehead atoms. The van der Waals surface area contributed by atoms with E-state index in [1.54, 1.807) is 6.08 Å². The fourth-order valence-corrected chi connectivity index (χ4v) is 3.65. The molecule has 1 unspecified atom stereocenters. The molecule has 0 aliphatic heterocycles. The summed E-state index contributed by atoms with van der Waals surface area (Å²) in [5.41, 5.74) is -5.37. The molecule has 0 saturated heterocycles. The lowest BCUT2D eigenvalue weighted by Gasteiger charge is -2.18. The van der Waals surface area contributed by atoms with Crippen LogP contribution >= 0.6 is 0 Å². The summed E-state index contributed by atoms with van der Waals surface area (Å²) in [7, 11) is -5.53. The Labute approximate surface area is 163 Å². The van der Waals surface area contributed by atoms with Gasteiger partial charge in [-0.3, -0.25) is 4.18 Å². The van der Waals surface area contributed by atoms with Crippen LogP contribution in [-0.2, 0) is 14.3 Å². The molecule has 27 heavy (non-hydrogen) atoms. The molecule has 0 amide bonds. The largest absolute Gasteiger partial charge is 0.523 e. The van der Waals surface area contributed by atoms with E-state index in [9.17, 15) is 21.6 Å². The van der Waals surface area contributed by atoms with Crippen molar-refractivity contribution in [1.82, 2.24) is 0 Å². The maximum Gasteiger partial charge on any atom is 0.523 e. The van der Waals surface area contributed by atoms with E-state index in [0.29, 0.717) is 19.3 Å². The summed E-state index contributed by atoms with van der Waals surface area (Å²) in [5, 5.41) is 0. The lowest BCUT2D eigenvalue weighted by molar-refractivity contribution is -0.0579. The third kappa shape index (κ3) is 14.1. The minimum absolute atomic E-state index is 0.233. The van der Waals surface area contributed by atoms with Crippen LogP contribution in [0.25, 0.3) is 0 Å². The molecular weight excluding hydrogens is 377 g/mol. The molecule has 0 N–H and O–H groups in total. The average molecular weight is 415 g/mol. The van der Waals surface area contributed by atoms with E-state index in [2.05, 4.69) is 17.7 Å². The SMILES string of the molecule is C=CCCC(CCCCCCCCCCCCCC)OS(=O)(=O)C(F)(F)F. The Morgan fingerprint density at radius 2 is 1.30 bits per heavy atom. The first kappa shape index (κ1) is 26.4. The molecule has 162 valence electrons. The number of hydrogen-bond acceptors (Lipinski definition) is 3. The van der Waals surface area contributed by atoms with Gasteiger partial charge < -0.3 is 0 Å². The number of hydrogen-bond donors (Lipinski definition) is 0. The Morgan fingerprint density at radius 3 is 1.70 bits per heavy atom. The van der Waals surface area contributed by atoms with Crippen LogP contribution in [0.3, 0.4) is 0 Å². The Morgan fingerprint density at radius 1 is 0.852 bits per heavy atom. The van der Waals surface area contributed by atoms with E-state index in [-0.39, 0.29) is 6.42 Å². The van der Waals surface area contributed by atoms with Gasteiger partial charge >= 0.3 is 15.6 Å². The summed E-state index contributed by atoms with van der Waals surface area (Å²) < 4.78 is 64.1. The molecule has 0 aromatic rings. The maximum absolute atomic E-state index is 12.5. The Kier molecular flexibility index (Phi) is 15.1. The molecule has 0 aliphatic rings. The maximum atomic E-state index is 12.5. The number of allylic oxidation sites excluding steroid dienone is 1. The van der Waals surface area contributed by atoms with Gasteiger partial charge in [0, 0.05) is 0 Å².